The molecule has 0 N–H and O–H groups in total. The summed E-state index contributed by atoms with van der Waals surface area (Å²) >= 11 is 0. The van der Waals surface area contributed by atoms with Crippen molar-refractivity contribution in [3.8, 4) is 17.2 Å². The topological polar surface area (TPSA) is 66.2 Å². The van der Waals surface area contributed by atoms with Crippen molar-refractivity contribution in [3.05, 3.63) is 72.3 Å². The van der Waals surface area contributed by atoms with E-state index >= 15 is 0 Å². The Morgan fingerprint density at radius 3 is 2.44 bits per heavy atom. The minimum atomic E-state index is -0.0834. The Labute approximate surface area is 145 Å². The number of ketones is 1. The van der Waals surface area contributed by atoms with Gasteiger partial charge in [-0.05, 0) is 48.0 Å². The van der Waals surface area contributed by atoms with Crippen LogP contribution in [0.3, 0.4) is 0 Å². The molecule has 6 nitrogen and oxygen atoms in total. The second-order valence-electron chi connectivity index (χ2n) is 5.20. The summed E-state index contributed by atoms with van der Waals surface area (Å²) in [5, 5.41) is 4.05. The van der Waals surface area contributed by atoms with Gasteiger partial charge in [0.05, 0.1) is 19.9 Å². The van der Waals surface area contributed by atoms with Crippen LogP contribution in [0, 0.1) is 0 Å². The average Bonchev–Trinajstić information content (AvgIpc) is 3.20. The number of allylic oxidation sites excluding steroid dienone is 1. The number of rotatable bonds is 6. The number of benzene rings is 2. The lowest BCUT2D eigenvalue weighted by Gasteiger charge is -2.07. The van der Waals surface area contributed by atoms with Crippen LogP contribution in [-0.2, 0) is 0 Å². The van der Waals surface area contributed by atoms with Crippen molar-refractivity contribution >= 4 is 11.9 Å². The molecule has 25 heavy (non-hydrogen) atoms. The zero-order valence-electron chi connectivity index (χ0n) is 13.9. The van der Waals surface area contributed by atoms with E-state index in [1.54, 1.807) is 49.5 Å². The summed E-state index contributed by atoms with van der Waals surface area (Å²) in [6, 6.07) is 12.7. The molecule has 3 aromatic rings. The van der Waals surface area contributed by atoms with Crippen LogP contribution in [0.15, 0.2) is 61.2 Å². The average molecular weight is 335 g/mol. The van der Waals surface area contributed by atoms with E-state index in [2.05, 4.69) is 10.1 Å². The highest BCUT2D eigenvalue weighted by Crippen LogP contribution is 2.28. The fraction of sp³-hybridized carbons (Fsp3) is 0.105. The summed E-state index contributed by atoms with van der Waals surface area (Å²) in [6.07, 6.45) is 6.35. The Hall–Kier alpha value is -3.41. The fourth-order valence-electron chi connectivity index (χ4n) is 2.34. The first-order chi connectivity index (χ1) is 12.2. The number of nitrogens with zero attached hydrogens (tertiary/aromatic N) is 3. The maximum atomic E-state index is 12.3. The van der Waals surface area contributed by atoms with Gasteiger partial charge >= 0.3 is 0 Å². The van der Waals surface area contributed by atoms with Gasteiger partial charge in [-0.2, -0.15) is 5.10 Å². The molecule has 126 valence electrons. The fourth-order valence-corrected chi connectivity index (χ4v) is 2.34. The van der Waals surface area contributed by atoms with Gasteiger partial charge in [0.25, 0.3) is 0 Å². The van der Waals surface area contributed by atoms with E-state index in [9.17, 15) is 4.79 Å². The largest absolute Gasteiger partial charge is 0.493 e. The Kier molecular flexibility index (Phi) is 4.89. The Morgan fingerprint density at radius 2 is 1.80 bits per heavy atom. The van der Waals surface area contributed by atoms with Gasteiger partial charge in [-0.1, -0.05) is 12.1 Å². The number of hydrogen-bond acceptors (Lipinski definition) is 5. The highest BCUT2D eigenvalue weighted by molar-refractivity contribution is 6.06. The van der Waals surface area contributed by atoms with E-state index in [0.29, 0.717) is 17.1 Å². The predicted molar refractivity (Wildman–Crippen MR) is 94.3 cm³/mol. The molecular weight excluding hydrogens is 318 g/mol. The molecule has 2 aromatic carbocycles. The molecule has 6 heteroatoms. The maximum absolute atomic E-state index is 12.3. The van der Waals surface area contributed by atoms with Crippen molar-refractivity contribution in [1.29, 1.82) is 0 Å². The number of carbonyl (C=O) groups excluding carboxylic acids is 1. The number of methoxy groups -OCH3 is 2. The van der Waals surface area contributed by atoms with Gasteiger partial charge in [-0.25, -0.2) is 9.67 Å². The van der Waals surface area contributed by atoms with E-state index in [1.807, 2.05) is 24.3 Å². The molecule has 1 heterocycles. The molecule has 0 aliphatic rings. The summed E-state index contributed by atoms with van der Waals surface area (Å²) < 4.78 is 12.1. The zero-order chi connectivity index (χ0) is 17.6. The highest BCUT2D eigenvalue weighted by Gasteiger charge is 2.05. The van der Waals surface area contributed by atoms with Crippen LogP contribution in [0.5, 0.6) is 11.5 Å². The molecule has 3 rings (SSSR count). The van der Waals surface area contributed by atoms with E-state index in [0.717, 1.165) is 11.3 Å². The van der Waals surface area contributed by atoms with Crippen molar-refractivity contribution in [3.63, 3.8) is 0 Å². The summed E-state index contributed by atoms with van der Waals surface area (Å²) in [4.78, 5) is 16.2. The summed E-state index contributed by atoms with van der Waals surface area (Å²) in [5.41, 5.74) is 2.30. The first kappa shape index (κ1) is 16.4. The molecule has 0 saturated carbocycles. The van der Waals surface area contributed by atoms with Crippen molar-refractivity contribution in [1.82, 2.24) is 14.8 Å². The maximum Gasteiger partial charge on any atom is 0.185 e. The summed E-state index contributed by atoms with van der Waals surface area (Å²) in [6.45, 7) is 0. The lowest BCUT2D eigenvalue weighted by molar-refractivity contribution is 0.104. The second-order valence-corrected chi connectivity index (χ2v) is 5.20. The van der Waals surface area contributed by atoms with E-state index in [-0.39, 0.29) is 5.78 Å². The van der Waals surface area contributed by atoms with Gasteiger partial charge in [0.15, 0.2) is 17.3 Å². The van der Waals surface area contributed by atoms with Gasteiger partial charge in [-0.3, -0.25) is 4.79 Å². The summed E-state index contributed by atoms with van der Waals surface area (Å²) in [7, 11) is 3.16. The molecule has 0 saturated heterocycles. The normalized spacial score (nSPS) is 10.8. The molecule has 0 unspecified atom stereocenters. The first-order valence-electron chi connectivity index (χ1n) is 7.61. The van der Waals surface area contributed by atoms with E-state index in [1.165, 1.54) is 12.4 Å². The van der Waals surface area contributed by atoms with Crippen LogP contribution < -0.4 is 9.47 Å². The smallest absolute Gasteiger partial charge is 0.185 e. The number of hydrogen-bond donors (Lipinski definition) is 0. The Bertz CT molecular complexity index is 885. The minimum absolute atomic E-state index is 0.0834. The third-order valence-corrected chi connectivity index (χ3v) is 3.67. The number of ether oxygens (including phenoxy) is 2. The quantitative estimate of drug-likeness (QED) is 0.511. The van der Waals surface area contributed by atoms with Gasteiger partial charge in [0, 0.05) is 5.56 Å². The van der Waals surface area contributed by atoms with Crippen LogP contribution >= 0.6 is 0 Å². The standard InChI is InChI=1S/C19H17N3O3/c1-24-18-10-4-14(11-19(18)25-2)3-9-17(23)15-5-7-16(8-6-15)22-13-20-12-21-22/h3-13H,1-2H3/b9-3+. The van der Waals surface area contributed by atoms with Crippen molar-refractivity contribution in [2.24, 2.45) is 0 Å². The third kappa shape index (κ3) is 3.74. The van der Waals surface area contributed by atoms with Gasteiger partial charge in [0.1, 0.15) is 12.7 Å². The lowest BCUT2D eigenvalue weighted by Crippen LogP contribution is -1.97. The molecule has 0 fully saturated rings. The van der Waals surface area contributed by atoms with Crippen LogP contribution in [-0.4, -0.2) is 34.8 Å². The predicted octanol–water partition coefficient (Wildman–Crippen LogP) is 3.18. The van der Waals surface area contributed by atoms with Crippen molar-refractivity contribution in [2.75, 3.05) is 14.2 Å². The van der Waals surface area contributed by atoms with E-state index in [4.69, 9.17) is 9.47 Å². The van der Waals surface area contributed by atoms with Crippen LogP contribution in [0.25, 0.3) is 11.8 Å². The Balaban J connectivity index is 1.74. The van der Waals surface area contributed by atoms with Crippen LogP contribution in [0.4, 0.5) is 0 Å². The molecule has 0 radical (unpaired) electrons. The van der Waals surface area contributed by atoms with Crippen LogP contribution in [0.2, 0.25) is 0 Å². The first-order valence-corrected chi connectivity index (χ1v) is 7.61. The van der Waals surface area contributed by atoms with Crippen LogP contribution in [0.1, 0.15) is 15.9 Å². The SMILES string of the molecule is COc1ccc(/C=C/C(=O)c2ccc(-n3cncn3)cc2)cc1OC. The summed E-state index contributed by atoms with van der Waals surface area (Å²) in [5.74, 6) is 1.18. The van der Waals surface area contributed by atoms with Gasteiger partial charge in [-0.15, -0.1) is 0 Å². The molecule has 0 spiro atoms. The van der Waals surface area contributed by atoms with Crippen molar-refractivity contribution in [2.45, 2.75) is 0 Å². The molecular formula is C19H17N3O3. The molecule has 0 bridgehead atoms. The molecule has 0 amide bonds. The molecule has 1 aromatic heterocycles. The second kappa shape index (κ2) is 7.44. The van der Waals surface area contributed by atoms with Crippen molar-refractivity contribution < 1.29 is 14.3 Å². The number of aromatic nitrogens is 3. The lowest BCUT2D eigenvalue weighted by atomic mass is 10.1. The zero-order valence-corrected chi connectivity index (χ0v) is 13.9. The molecule has 0 atom stereocenters. The Morgan fingerprint density at radius 1 is 1.04 bits per heavy atom. The molecule has 0 aliphatic heterocycles. The number of carbonyl (C=O) groups is 1. The third-order valence-electron chi connectivity index (χ3n) is 3.67. The highest BCUT2D eigenvalue weighted by atomic mass is 16.5. The van der Waals surface area contributed by atoms with Gasteiger partial charge in [0.2, 0.25) is 0 Å². The minimum Gasteiger partial charge on any atom is -0.493 e. The molecule has 0 aliphatic carbocycles. The van der Waals surface area contributed by atoms with E-state index < -0.39 is 0 Å². The monoisotopic (exact) mass is 335 g/mol. The van der Waals surface area contributed by atoms with Gasteiger partial charge < -0.3 is 9.47 Å².